The lowest BCUT2D eigenvalue weighted by atomic mass is 10.0. The van der Waals surface area contributed by atoms with Gasteiger partial charge >= 0.3 is 0 Å². The summed E-state index contributed by atoms with van der Waals surface area (Å²) in [5, 5.41) is 13.0. The maximum atomic E-state index is 8.83. The van der Waals surface area contributed by atoms with Gasteiger partial charge in [0.05, 0.1) is 17.7 Å². The van der Waals surface area contributed by atoms with Gasteiger partial charge in [0.2, 0.25) is 0 Å². The quantitative estimate of drug-likeness (QED) is 0.929. The summed E-state index contributed by atoms with van der Waals surface area (Å²) in [6.07, 6.45) is 0. The summed E-state index contributed by atoms with van der Waals surface area (Å²) in [5.74, 6) is 0. The minimum atomic E-state index is 0.0234. The summed E-state index contributed by atoms with van der Waals surface area (Å²) in [7, 11) is 2.03. The van der Waals surface area contributed by atoms with Gasteiger partial charge in [0.25, 0.3) is 0 Å². The third kappa shape index (κ3) is 2.95. The van der Waals surface area contributed by atoms with Crippen LogP contribution >= 0.6 is 11.3 Å². The van der Waals surface area contributed by atoms with E-state index in [-0.39, 0.29) is 12.1 Å². The van der Waals surface area contributed by atoms with Crippen LogP contribution in [0.5, 0.6) is 0 Å². The molecule has 2 atom stereocenters. The van der Waals surface area contributed by atoms with Gasteiger partial charge in [-0.25, -0.2) is 0 Å². The van der Waals surface area contributed by atoms with Crippen molar-refractivity contribution >= 4 is 17.0 Å². The van der Waals surface area contributed by atoms with E-state index < -0.39 is 0 Å². The van der Waals surface area contributed by atoms with Gasteiger partial charge in [-0.3, -0.25) is 0 Å². The van der Waals surface area contributed by atoms with Crippen LogP contribution in [0.4, 0.5) is 5.69 Å². The molecule has 0 fully saturated rings. The lowest BCUT2D eigenvalue weighted by Crippen LogP contribution is -2.37. The third-order valence-corrected chi connectivity index (χ3v) is 3.91. The van der Waals surface area contributed by atoms with Gasteiger partial charge in [-0.05, 0) is 53.6 Å². The first kappa shape index (κ1) is 13.6. The van der Waals surface area contributed by atoms with Gasteiger partial charge in [-0.2, -0.15) is 16.6 Å². The molecule has 0 radical (unpaired) electrons. The number of benzene rings is 1. The molecule has 0 aliphatic rings. The Bertz CT molecular complexity index is 552. The fourth-order valence-electron chi connectivity index (χ4n) is 2.25. The molecular formula is C15H17N3S. The molecule has 0 aliphatic carbocycles. The summed E-state index contributed by atoms with van der Waals surface area (Å²) in [5.41, 5.74) is 9.10. The smallest absolute Gasteiger partial charge is 0.0991 e. The van der Waals surface area contributed by atoms with Crippen LogP contribution in [0.15, 0.2) is 41.1 Å². The predicted octanol–water partition coefficient (Wildman–Crippen LogP) is 3.14. The minimum absolute atomic E-state index is 0.0234. The number of anilines is 1. The van der Waals surface area contributed by atoms with E-state index in [1.54, 1.807) is 11.3 Å². The van der Waals surface area contributed by atoms with E-state index in [2.05, 4.69) is 27.8 Å². The Hall–Kier alpha value is -1.83. The van der Waals surface area contributed by atoms with Gasteiger partial charge < -0.3 is 10.6 Å². The molecule has 1 aromatic heterocycles. The molecule has 0 saturated heterocycles. The number of nitrogens with two attached hydrogens (primary N) is 1. The lowest BCUT2D eigenvalue weighted by Gasteiger charge is -2.32. The van der Waals surface area contributed by atoms with Crippen LogP contribution in [0.25, 0.3) is 0 Å². The molecule has 98 valence electrons. The predicted molar refractivity (Wildman–Crippen MR) is 80.3 cm³/mol. The average Bonchev–Trinajstić information content (AvgIpc) is 2.92. The van der Waals surface area contributed by atoms with Crippen molar-refractivity contribution in [1.82, 2.24) is 0 Å². The number of hydrogen-bond acceptors (Lipinski definition) is 4. The monoisotopic (exact) mass is 271 g/mol. The Morgan fingerprint density at radius 3 is 2.42 bits per heavy atom. The maximum absolute atomic E-state index is 8.83. The second-order valence-electron chi connectivity index (χ2n) is 4.63. The standard InChI is InChI=1S/C15H17N3S/c1-11(17)15(13-7-8-19-10-13)18(2)14-5-3-12(9-16)4-6-14/h3-8,10-11,15H,17H2,1-2H3. The Labute approximate surface area is 117 Å². The normalized spacial score (nSPS) is 13.6. The first-order valence-corrected chi connectivity index (χ1v) is 7.08. The highest BCUT2D eigenvalue weighted by Gasteiger charge is 2.21. The zero-order valence-corrected chi connectivity index (χ0v) is 11.9. The molecule has 0 amide bonds. The van der Waals surface area contributed by atoms with Gasteiger partial charge in [-0.1, -0.05) is 0 Å². The second-order valence-corrected chi connectivity index (χ2v) is 5.41. The van der Waals surface area contributed by atoms with Crippen molar-refractivity contribution in [2.24, 2.45) is 5.73 Å². The van der Waals surface area contributed by atoms with Crippen LogP contribution < -0.4 is 10.6 Å². The van der Waals surface area contributed by atoms with Crippen molar-refractivity contribution in [3.05, 3.63) is 52.2 Å². The molecule has 1 aromatic carbocycles. The van der Waals surface area contributed by atoms with Gasteiger partial charge in [0, 0.05) is 18.8 Å². The summed E-state index contributed by atoms with van der Waals surface area (Å²) < 4.78 is 0. The van der Waals surface area contributed by atoms with Gasteiger partial charge in [-0.15, -0.1) is 0 Å². The van der Waals surface area contributed by atoms with Crippen molar-refractivity contribution in [1.29, 1.82) is 5.26 Å². The second kappa shape index (κ2) is 5.87. The fourth-order valence-corrected chi connectivity index (χ4v) is 2.94. The van der Waals surface area contributed by atoms with Gasteiger partial charge in [0.15, 0.2) is 0 Å². The van der Waals surface area contributed by atoms with Crippen molar-refractivity contribution in [2.75, 3.05) is 11.9 Å². The molecule has 0 aliphatic heterocycles. The summed E-state index contributed by atoms with van der Waals surface area (Å²) in [6.45, 7) is 2.02. The summed E-state index contributed by atoms with van der Waals surface area (Å²) in [4.78, 5) is 2.16. The molecule has 2 rings (SSSR count). The van der Waals surface area contributed by atoms with E-state index in [1.807, 2.05) is 38.2 Å². The minimum Gasteiger partial charge on any atom is -0.366 e. The first-order chi connectivity index (χ1) is 9.13. The van der Waals surface area contributed by atoms with Crippen molar-refractivity contribution in [2.45, 2.75) is 19.0 Å². The molecule has 19 heavy (non-hydrogen) atoms. The van der Waals surface area contributed by atoms with E-state index in [0.717, 1.165) is 5.69 Å². The summed E-state index contributed by atoms with van der Waals surface area (Å²) in [6, 6.07) is 12.0. The number of rotatable bonds is 4. The molecule has 2 aromatic rings. The van der Waals surface area contributed by atoms with Crippen LogP contribution in [0.3, 0.4) is 0 Å². The highest BCUT2D eigenvalue weighted by molar-refractivity contribution is 7.08. The molecule has 3 nitrogen and oxygen atoms in total. The molecular weight excluding hydrogens is 254 g/mol. The van der Waals surface area contributed by atoms with Crippen molar-refractivity contribution in [3.8, 4) is 6.07 Å². The molecule has 0 bridgehead atoms. The van der Waals surface area contributed by atoms with Crippen LogP contribution in [0, 0.1) is 11.3 Å². The van der Waals surface area contributed by atoms with Crippen LogP contribution in [0.2, 0.25) is 0 Å². The van der Waals surface area contributed by atoms with Crippen molar-refractivity contribution in [3.63, 3.8) is 0 Å². The van der Waals surface area contributed by atoms with E-state index >= 15 is 0 Å². The first-order valence-electron chi connectivity index (χ1n) is 6.14. The molecule has 2 unspecified atom stereocenters. The van der Waals surface area contributed by atoms with Crippen LogP contribution in [-0.2, 0) is 0 Å². The Morgan fingerprint density at radius 2 is 1.95 bits per heavy atom. The fraction of sp³-hybridized carbons (Fsp3) is 0.267. The molecule has 0 saturated carbocycles. The average molecular weight is 271 g/mol. The van der Waals surface area contributed by atoms with Crippen LogP contribution in [-0.4, -0.2) is 13.1 Å². The zero-order chi connectivity index (χ0) is 13.8. The van der Waals surface area contributed by atoms with Crippen molar-refractivity contribution < 1.29 is 0 Å². The zero-order valence-electron chi connectivity index (χ0n) is 11.1. The van der Waals surface area contributed by atoms with Gasteiger partial charge in [0.1, 0.15) is 0 Å². The Balaban J connectivity index is 2.29. The van der Waals surface area contributed by atoms with E-state index in [0.29, 0.717) is 5.56 Å². The largest absolute Gasteiger partial charge is 0.366 e. The SMILES string of the molecule is CC(N)C(c1ccsc1)N(C)c1ccc(C#N)cc1. The number of thiophene rings is 1. The molecule has 2 N–H and O–H groups in total. The number of nitrogens with zero attached hydrogens (tertiary/aromatic N) is 2. The molecule has 0 spiro atoms. The highest BCUT2D eigenvalue weighted by atomic mass is 32.1. The Kier molecular flexibility index (Phi) is 4.20. The van der Waals surface area contributed by atoms with Crippen LogP contribution in [0.1, 0.15) is 24.1 Å². The highest BCUT2D eigenvalue weighted by Crippen LogP contribution is 2.29. The summed E-state index contributed by atoms with van der Waals surface area (Å²) >= 11 is 1.68. The maximum Gasteiger partial charge on any atom is 0.0991 e. The van der Waals surface area contributed by atoms with E-state index in [1.165, 1.54) is 5.56 Å². The lowest BCUT2D eigenvalue weighted by molar-refractivity contribution is 0.560. The Morgan fingerprint density at radius 1 is 1.26 bits per heavy atom. The molecule has 4 heteroatoms. The number of likely N-dealkylation sites (N-methyl/N-ethyl adjacent to an activating group) is 1. The van der Waals surface area contributed by atoms with E-state index in [4.69, 9.17) is 11.0 Å². The topological polar surface area (TPSA) is 53.0 Å². The number of nitriles is 1. The number of hydrogen-bond donors (Lipinski definition) is 1. The van der Waals surface area contributed by atoms with E-state index in [9.17, 15) is 0 Å². The molecule has 1 heterocycles. The third-order valence-electron chi connectivity index (χ3n) is 3.20.